The molecule has 3 aromatic rings. The number of hydrogen-bond donors (Lipinski definition) is 1. The summed E-state index contributed by atoms with van der Waals surface area (Å²) < 4.78 is 0. The van der Waals surface area contributed by atoms with Crippen LogP contribution in [0, 0.1) is 6.92 Å². The van der Waals surface area contributed by atoms with E-state index in [-0.39, 0.29) is 18.6 Å². The van der Waals surface area contributed by atoms with Crippen molar-refractivity contribution in [3.05, 3.63) is 83.3 Å². The smallest absolute Gasteiger partial charge is 0.253 e. The van der Waals surface area contributed by atoms with E-state index < -0.39 is 0 Å². The van der Waals surface area contributed by atoms with Crippen LogP contribution in [-0.4, -0.2) is 39.0 Å². The first-order chi connectivity index (χ1) is 13.5. The molecule has 0 saturated heterocycles. The number of likely N-dealkylation sites (N-methyl/N-ethyl adjacent to an activating group) is 1. The lowest BCUT2D eigenvalue weighted by molar-refractivity contribution is 0.0743. The van der Waals surface area contributed by atoms with Gasteiger partial charge in [0.1, 0.15) is 0 Å². The SMILES string of the molecule is Cc1cccnc1CC(C)N(C)C(=O)c1ccc(-c2cc(CO)ccn2)cc1. The molecule has 0 aliphatic rings. The first-order valence-electron chi connectivity index (χ1n) is 9.33. The van der Waals surface area contributed by atoms with E-state index >= 15 is 0 Å². The zero-order valence-electron chi connectivity index (χ0n) is 16.5. The molecule has 1 unspecified atom stereocenters. The number of hydrogen-bond acceptors (Lipinski definition) is 4. The topological polar surface area (TPSA) is 66.3 Å². The molecule has 1 atom stereocenters. The van der Waals surface area contributed by atoms with Crippen molar-refractivity contribution in [2.45, 2.75) is 32.9 Å². The molecule has 5 nitrogen and oxygen atoms in total. The summed E-state index contributed by atoms with van der Waals surface area (Å²) in [7, 11) is 1.82. The van der Waals surface area contributed by atoms with Gasteiger partial charge in [-0.3, -0.25) is 14.8 Å². The molecule has 144 valence electrons. The number of aliphatic hydroxyl groups excluding tert-OH is 1. The molecule has 2 aromatic heterocycles. The van der Waals surface area contributed by atoms with Crippen LogP contribution in [0.2, 0.25) is 0 Å². The van der Waals surface area contributed by atoms with Crippen LogP contribution in [0.4, 0.5) is 0 Å². The highest BCUT2D eigenvalue weighted by Gasteiger charge is 2.19. The summed E-state index contributed by atoms with van der Waals surface area (Å²) in [5, 5.41) is 9.28. The molecule has 28 heavy (non-hydrogen) atoms. The Morgan fingerprint density at radius 3 is 2.54 bits per heavy atom. The van der Waals surface area contributed by atoms with E-state index in [0.717, 1.165) is 28.1 Å². The van der Waals surface area contributed by atoms with Crippen LogP contribution in [-0.2, 0) is 13.0 Å². The van der Waals surface area contributed by atoms with Crippen molar-refractivity contribution < 1.29 is 9.90 Å². The number of carbonyl (C=O) groups is 1. The van der Waals surface area contributed by atoms with Gasteiger partial charge < -0.3 is 10.0 Å². The molecule has 2 heterocycles. The van der Waals surface area contributed by atoms with E-state index in [9.17, 15) is 9.90 Å². The van der Waals surface area contributed by atoms with Gasteiger partial charge in [-0.1, -0.05) is 18.2 Å². The minimum absolute atomic E-state index is 0.0233. The monoisotopic (exact) mass is 375 g/mol. The summed E-state index contributed by atoms with van der Waals surface area (Å²) in [6.45, 7) is 4.05. The van der Waals surface area contributed by atoms with Gasteiger partial charge in [-0.05, 0) is 55.3 Å². The molecule has 0 aliphatic carbocycles. The lowest BCUT2D eigenvalue weighted by atomic mass is 10.0. The Hall–Kier alpha value is -3.05. The fraction of sp³-hybridized carbons (Fsp3) is 0.261. The highest BCUT2D eigenvalue weighted by molar-refractivity contribution is 5.94. The summed E-state index contributed by atoms with van der Waals surface area (Å²) in [6, 6.07) is 15.0. The predicted molar refractivity (Wildman–Crippen MR) is 110 cm³/mol. The molecule has 5 heteroatoms. The molecular weight excluding hydrogens is 350 g/mol. The number of nitrogens with zero attached hydrogens (tertiary/aromatic N) is 3. The van der Waals surface area contributed by atoms with Gasteiger partial charge in [0.15, 0.2) is 0 Å². The minimum Gasteiger partial charge on any atom is -0.392 e. The van der Waals surface area contributed by atoms with E-state index in [0.29, 0.717) is 12.0 Å². The predicted octanol–water partition coefficient (Wildman–Crippen LogP) is 3.65. The van der Waals surface area contributed by atoms with Crippen molar-refractivity contribution in [1.29, 1.82) is 0 Å². The Balaban J connectivity index is 1.72. The second-order valence-electron chi connectivity index (χ2n) is 7.02. The summed E-state index contributed by atoms with van der Waals surface area (Å²) in [6.07, 6.45) is 4.18. The van der Waals surface area contributed by atoms with E-state index in [2.05, 4.69) is 9.97 Å². The number of benzene rings is 1. The highest BCUT2D eigenvalue weighted by Crippen LogP contribution is 2.20. The number of rotatable bonds is 6. The van der Waals surface area contributed by atoms with Gasteiger partial charge in [-0.2, -0.15) is 0 Å². The molecular formula is C23H25N3O2. The van der Waals surface area contributed by atoms with E-state index in [4.69, 9.17) is 0 Å². The maximum absolute atomic E-state index is 12.9. The van der Waals surface area contributed by atoms with Crippen LogP contribution >= 0.6 is 0 Å². The Morgan fingerprint density at radius 1 is 1.11 bits per heavy atom. The molecule has 0 bridgehead atoms. The summed E-state index contributed by atoms with van der Waals surface area (Å²) in [5.41, 5.74) is 5.28. The van der Waals surface area contributed by atoms with E-state index in [1.807, 2.05) is 63.4 Å². The molecule has 3 rings (SSSR count). The van der Waals surface area contributed by atoms with Gasteiger partial charge in [-0.25, -0.2) is 0 Å². The van der Waals surface area contributed by atoms with Gasteiger partial charge in [-0.15, -0.1) is 0 Å². The quantitative estimate of drug-likeness (QED) is 0.714. The van der Waals surface area contributed by atoms with E-state index in [1.165, 1.54) is 0 Å². The maximum atomic E-state index is 12.9. The first kappa shape index (κ1) is 19.7. The van der Waals surface area contributed by atoms with Crippen molar-refractivity contribution >= 4 is 5.91 Å². The van der Waals surface area contributed by atoms with Crippen LogP contribution in [0.25, 0.3) is 11.3 Å². The van der Waals surface area contributed by atoms with Crippen molar-refractivity contribution in [3.8, 4) is 11.3 Å². The Kier molecular flexibility index (Phi) is 6.16. The van der Waals surface area contributed by atoms with Crippen LogP contribution < -0.4 is 0 Å². The van der Waals surface area contributed by atoms with Crippen molar-refractivity contribution in [2.75, 3.05) is 7.05 Å². The third-order valence-corrected chi connectivity index (χ3v) is 5.02. The Bertz CT molecular complexity index is 954. The van der Waals surface area contributed by atoms with Crippen LogP contribution in [0.5, 0.6) is 0 Å². The summed E-state index contributed by atoms with van der Waals surface area (Å²) >= 11 is 0. The lowest BCUT2D eigenvalue weighted by Gasteiger charge is -2.25. The fourth-order valence-corrected chi connectivity index (χ4v) is 3.07. The third kappa shape index (κ3) is 4.43. The van der Waals surface area contributed by atoms with Crippen molar-refractivity contribution in [2.24, 2.45) is 0 Å². The minimum atomic E-state index is -0.0234. The van der Waals surface area contributed by atoms with Gasteiger partial charge in [0.25, 0.3) is 5.91 Å². The van der Waals surface area contributed by atoms with Gasteiger partial charge in [0.05, 0.1) is 12.3 Å². The third-order valence-electron chi connectivity index (χ3n) is 5.02. The van der Waals surface area contributed by atoms with Crippen LogP contribution in [0.1, 0.15) is 34.1 Å². The number of pyridine rings is 2. The number of aromatic nitrogens is 2. The normalized spacial score (nSPS) is 11.9. The summed E-state index contributed by atoms with van der Waals surface area (Å²) in [4.78, 5) is 23.4. The molecule has 1 amide bonds. The summed E-state index contributed by atoms with van der Waals surface area (Å²) in [5.74, 6) is -0.0234. The first-order valence-corrected chi connectivity index (χ1v) is 9.33. The molecule has 1 aromatic carbocycles. The highest BCUT2D eigenvalue weighted by atomic mass is 16.3. The second-order valence-corrected chi connectivity index (χ2v) is 7.02. The van der Waals surface area contributed by atoms with Gasteiger partial charge in [0.2, 0.25) is 0 Å². The van der Waals surface area contributed by atoms with E-state index in [1.54, 1.807) is 23.4 Å². The standard InChI is InChI=1S/C23H25N3O2/c1-16-5-4-11-24-21(16)13-17(2)26(3)23(28)20-8-6-19(7-9-20)22-14-18(15-27)10-12-25-22/h4-12,14,17,27H,13,15H2,1-3H3. The molecule has 0 spiro atoms. The fourth-order valence-electron chi connectivity index (χ4n) is 3.07. The van der Waals surface area contributed by atoms with Crippen LogP contribution in [0.3, 0.4) is 0 Å². The molecule has 1 N–H and O–H groups in total. The average Bonchev–Trinajstić information content (AvgIpc) is 2.74. The Morgan fingerprint density at radius 2 is 1.86 bits per heavy atom. The average molecular weight is 375 g/mol. The van der Waals surface area contributed by atoms with Gasteiger partial charge >= 0.3 is 0 Å². The number of carbonyl (C=O) groups excluding carboxylic acids is 1. The largest absolute Gasteiger partial charge is 0.392 e. The molecule has 0 fully saturated rings. The van der Waals surface area contributed by atoms with Gasteiger partial charge in [0, 0.05) is 48.7 Å². The number of aryl methyl sites for hydroxylation is 1. The zero-order valence-corrected chi connectivity index (χ0v) is 16.5. The van der Waals surface area contributed by atoms with Crippen molar-refractivity contribution in [1.82, 2.24) is 14.9 Å². The molecule has 0 radical (unpaired) electrons. The zero-order chi connectivity index (χ0) is 20.1. The Labute approximate surface area is 165 Å². The molecule has 0 aliphatic heterocycles. The van der Waals surface area contributed by atoms with Crippen molar-refractivity contribution in [3.63, 3.8) is 0 Å². The van der Waals surface area contributed by atoms with Crippen LogP contribution in [0.15, 0.2) is 60.9 Å². The maximum Gasteiger partial charge on any atom is 0.253 e. The number of aliphatic hydroxyl groups is 1. The molecule has 0 saturated carbocycles. The second kappa shape index (κ2) is 8.76. The number of amides is 1. The lowest BCUT2D eigenvalue weighted by Crippen LogP contribution is -2.36.